The fourth-order valence-corrected chi connectivity index (χ4v) is 2.95. The summed E-state index contributed by atoms with van der Waals surface area (Å²) in [6.07, 6.45) is 5.55. The summed E-state index contributed by atoms with van der Waals surface area (Å²) < 4.78 is 5.92. The highest BCUT2D eigenvalue weighted by molar-refractivity contribution is 6.17. The van der Waals surface area contributed by atoms with Crippen molar-refractivity contribution in [3.63, 3.8) is 0 Å². The Balaban J connectivity index is 2.16. The highest BCUT2D eigenvalue weighted by atomic mass is 35.5. The molecule has 0 aliphatic heterocycles. The molecule has 0 spiro atoms. The van der Waals surface area contributed by atoms with Gasteiger partial charge in [0.05, 0.1) is 11.0 Å². The molecule has 2 atom stereocenters. The number of hydrogen-bond donors (Lipinski definition) is 0. The van der Waals surface area contributed by atoms with Gasteiger partial charge < -0.3 is 4.74 Å². The van der Waals surface area contributed by atoms with Crippen LogP contribution in [-0.2, 0) is 5.88 Å². The van der Waals surface area contributed by atoms with Crippen molar-refractivity contribution in [2.24, 2.45) is 5.92 Å². The van der Waals surface area contributed by atoms with Crippen molar-refractivity contribution < 1.29 is 9.66 Å². The van der Waals surface area contributed by atoms with E-state index in [4.69, 9.17) is 16.3 Å². The van der Waals surface area contributed by atoms with E-state index in [9.17, 15) is 10.1 Å². The standard InChI is InChI=1S/C15H20ClNO3/c1-2-11-4-3-5-13(8-11)20-15-9-12(10-16)6-7-14(15)17(18)19/h6-7,9,11,13H,2-5,8,10H2,1H3. The van der Waals surface area contributed by atoms with Crippen LogP contribution in [0.15, 0.2) is 18.2 Å². The largest absolute Gasteiger partial charge is 0.483 e. The quantitative estimate of drug-likeness (QED) is 0.450. The SMILES string of the molecule is CCC1CCCC(Oc2cc(CCl)ccc2[N+](=O)[O-])C1. The van der Waals surface area contributed by atoms with Gasteiger partial charge in [0.1, 0.15) is 0 Å². The van der Waals surface area contributed by atoms with E-state index in [0.717, 1.165) is 31.2 Å². The minimum absolute atomic E-state index is 0.0255. The molecule has 110 valence electrons. The summed E-state index contributed by atoms with van der Waals surface area (Å²) in [4.78, 5) is 10.7. The lowest BCUT2D eigenvalue weighted by molar-refractivity contribution is -0.386. The van der Waals surface area contributed by atoms with Crippen LogP contribution in [0.25, 0.3) is 0 Å². The summed E-state index contributed by atoms with van der Waals surface area (Å²) >= 11 is 5.79. The van der Waals surface area contributed by atoms with E-state index < -0.39 is 4.92 Å². The predicted molar refractivity (Wildman–Crippen MR) is 79.3 cm³/mol. The fourth-order valence-electron chi connectivity index (χ4n) is 2.79. The van der Waals surface area contributed by atoms with E-state index in [0.29, 0.717) is 17.5 Å². The zero-order valence-corrected chi connectivity index (χ0v) is 12.4. The molecule has 0 bridgehead atoms. The Morgan fingerprint density at radius 2 is 2.25 bits per heavy atom. The Kier molecular flexibility index (Phi) is 5.24. The number of ether oxygens (including phenoxy) is 1. The van der Waals surface area contributed by atoms with Crippen LogP contribution in [0.2, 0.25) is 0 Å². The summed E-state index contributed by atoms with van der Waals surface area (Å²) in [5.74, 6) is 1.36. The van der Waals surface area contributed by atoms with Crippen molar-refractivity contribution in [1.29, 1.82) is 0 Å². The van der Waals surface area contributed by atoms with Crippen LogP contribution in [0.3, 0.4) is 0 Å². The number of nitro benzene ring substituents is 1. The molecule has 2 unspecified atom stereocenters. The molecule has 1 aromatic rings. The molecule has 1 aromatic carbocycles. The molecule has 0 amide bonds. The lowest BCUT2D eigenvalue weighted by Crippen LogP contribution is -2.25. The lowest BCUT2D eigenvalue weighted by Gasteiger charge is -2.28. The first-order chi connectivity index (χ1) is 9.63. The molecule has 0 heterocycles. The number of rotatable bonds is 5. The van der Waals surface area contributed by atoms with Crippen LogP contribution in [0, 0.1) is 16.0 Å². The highest BCUT2D eigenvalue weighted by Gasteiger charge is 2.25. The summed E-state index contributed by atoms with van der Waals surface area (Å²) in [5, 5.41) is 11.1. The molecular formula is C15H20ClNO3. The molecule has 1 fully saturated rings. The highest BCUT2D eigenvalue weighted by Crippen LogP contribution is 2.34. The maximum atomic E-state index is 11.1. The Morgan fingerprint density at radius 3 is 2.90 bits per heavy atom. The van der Waals surface area contributed by atoms with Gasteiger partial charge in [0.2, 0.25) is 0 Å². The van der Waals surface area contributed by atoms with Crippen molar-refractivity contribution in [1.82, 2.24) is 0 Å². The Bertz CT molecular complexity index is 478. The third-order valence-electron chi connectivity index (χ3n) is 3.98. The summed E-state index contributed by atoms with van der Waals surface area (Å²) in [6, 6.07) is 4.85. The van der Waals surface area contributed by atoms with Gasteiger partial charge in [-0.15, -0.1) is 11.6 Å². The number of hydrogen-bond acceptors (Lipinski definition) is 3. The van der Waals surface area contributed by atoms with Gasteiger partial charge in [-0.1, -0.05) is 25.8 Å². The smallest absolute Gasteiger partial charge is 0.310 e. The van der Waals surface area contributed by atoms with Gasteiger partial charge >= 0.3 is 5.69 Å². The van der Waals surface area contributed by atoms with Crippen molar-refractivity contribution in [3.05, 3.63) is 33.9 Å². The first-order valence-corrected chi connectivity index (χ1v) is 7.67. The van der Waals surface area contributed by atoms with Crippen LogP contribution in [0.5, 0.6) is 5.75 Å². The maximum absolute atomic E-state index is 11.1. The number of halogens is 1. The number of alkyl halides is 1. The first kappa shape index (κ1) is 15.1. The maximum Gasteiger partial charge on any atom is 0.310 e. The van der Waals surface area contributed by atoms with Crippen molar-refractivity contribution >= 4 is 17.3 Å². The molecule has 1 saturated carbocycles. The predicted octanol–water partition coefficient (Wildman–Crippen LogP) is 4.68. The Morgan fingerprint density at radius 1 is 1.45 bits per heavy atom. The molecule has 4 nitrogen and oxygen atoms in total. The van der Waals surface area contributed by atoms with E-state index in [2.05, 4.69) is 6.92 Å². The van der Waals surface area contributed by atoms with Crippen LogP contribution in [0.4, 0.5) is 5.69 Å². The average Bonchev–Trinajstić information content (AvgIpc) is 2.47. The molecular weight excluding hydrogens is 278 g/mol. The van der Waals surface area contributed by atoms with Crippen LogP contribution < -0.4 is 4.74 Å². The van der Waals surface area contributed by atoms with Crippen LogP contribution in [0.1, 0.15) is 44.6 Å². The number of benzene rings is 1. The molecule has 0 aromatic heterocycles. The minimum Gasteiger partial charge on any atom is -0.483 e. The van der Waals surface area contributed by atoms with Crippen LogP contribution >= 0.6 is 11.6 Å². The third kappa shape index (κ3) is 3.63. The molecule has 0 N–H and O–H groups in total. The Hall–Kier alpha value is -1.29. The average molecular weight is 298 g/mol. The molecule has 1 aliphatic rings. The Labute approximate surface area is 124 Å². The van der Waals surface area contributed by atoms with E-state index >= 15 is 0 Å². The zero-order valence-electron chi connectivity index (χ0n) is 11.7. The summed E-state index contributed by atoms with van der Waals surface area (Å²) in [6.45, 7) is 2.18. The third-order valence-corrected chi connectivity index (χ3v) is 4.29. The molecule has 0 saturated heterocycles. The second kappa shape index (κ2) is 6.93. The molecule has 0 radical (unpaired) electrons. The van der Waals surface area contributed by atoms with Gasteiger partial charge in [-0.2, -0.15) is 0 Å². The summed E-state index contributed by atoms with van der Waals surface area (Å²) in [5.41, 5.74) is 0.868. The lowest BCUT2D eigenvalue weighted by atomic mass is 9.85. The second-order valence-corrected chi connectivity index (χ2v) is 5.64. The fraction of sp³-hybridized carbons (Fsp3) is 0.600. The second-order valence-electron chi connectivity index (χ2n) is 5.37. The van der Waals surface area contributed by atoms with E-state index in [-0.39, 0.29) is 11.8 Å². The summed E-state index contributed by atoms with van der Waals surface area (Å²) in [7, 11) is 0. The van der Waals surface area contributed by atoms with Crippen molar-refractivity contribution in [2.75, 3.05) is 0 Å². The van der Waals surface area contributed by atoms with E-state index in [1.807, 2.05) is 0 Å². The van der Waals surface area contributed by atoms with Gasteiger partial charge in [0, 0.05) is 11.9 Å². The van der Waals surface area contributed by atoms with Gasteiger partial charge in [0.15, 0.2) is 5.75 Å². The van der Waals surface area contributed by atoms with Crippen molar-refractivity contribution in [2.45, 2.75) is 51.0 Å². The van der Waals surface area contributed by atoms with Crippen LogP contribution in [-0.4, -0.2) is 11.0 Å². The number of nitrogens with zero attached hydrogens (tertiary/aromatic N) is 1. The minimum atomic E-state index is -0.395. The van der Waals surface area contributed by atoms with Gasteiger partial charge in [0.25, 0.3) is 0 Å². The van der Waals surface area contributed by atoms with Gasteiger partial charge in [-0.3, -0.25) is 10.1 Å². The molecule has 1 aliphatic carbocycles. The number of nitro groups is 1. The monoisotopic (exact) mass is 297 g/mol. The van der Waals surface area contributed by atoms with Crippen molar-refractivity contribution in [3.8, 4) is 5.75 Å². The van der Waals surface area contributed by atoms with Gasteiger partial charge in [-0.25, -0.2) is 0 Å². The van der Waals surface area contributed by atoms with E-state index in [1.54, 1.807) is 12.1 Å². The molecule has 20 heavy (non-hydrogen) atoms. The van der Waals surface area contributed by atoms with E-state index in [1.165, 1.54) is 12.5 Å². The topological polar surface area (TPSA) is 52.4 Å². The zero-order chi connectivity index (χ0) is 14.5. The normalized spacial score (nSPS) is 22.5. The first-order valence-electron chi connectivity index (χ1n) is 7.14. The molecule has 2 rings (SSSR count). The van der Waals surface area contributed by atoms with Gasteiger partial charge in [-0.05, 0) is 36.8 Å². The molecule has 5 heteroatoms.